The highest BCUT2D eigenvalue weighted by Crippen LogP contribution is 2.25. The Morgan fingerprint density at radius 2 is 2.19 bits per heavy atom. The number of likely N-dealkylation sites (tertiary alicyclic amines) is 1. The summed E-state index contributed by atoms with van der Waals surface area (Å²) in [4.78, 5) is 11.4. The molecule has 1 fully saturated rings. The fourth-order valence-electron chi connectivity index (χ4n) is 3.50. The summed E-state index contributed by atoms with van der Waals surface area (Å²) in [6.45, 7) is 7.71. The Labute approximate surface area is 161 Å². The number of imidazole rings is 1. The summed E-state index contributed by atoms with van der Waals surface area (Å²) in [5.74, 6) is 1.88. The third kappa shape index (κ3) is 6.13. The lowest BCUT2D eigenvalue weighted by molar-refractivity contribution is 0.150. The predicted octanol–water partition coefficient (Wildman–Crippen LogP) is 2.65. The summed E-state index contributed by atoms with van der Waals surface area (Å²) in [5, 5.41) is 6.79. The molecule has 1 saturated heterocycles. The van der Waals surface area contributed by atoms with Gasteiger partial charge >= 0.3 is 0 Å². The fraction of sp³-hybridized carbons (Fsp3) is 0.600. The van der Waals surface area contributed by atoms with E-state index in [1.165, 1.54) is 19.3 Å². The largest absolute Gasteiger partial charge is 0.468 e. The topological polar surface area (TPSA) is 70.6 Å². The zero-order valence-corrected chi connectivity index (χ0v) is 16.3. The first kappa shape index (κ1) is 19.5. The van der Waals surface area contributed by atoms with Crippen LogP contribution in [0.5, 0.6) is 0 Å². The molecule has 0 aliphatic carbocycles. The average molecular weight is 373 g/mol. The van der Waals surface area contributed by atoms with E-state index in [2.05, 4.69) is 38.1 Å². The van der Waals surface area contributed by atoms with E-state index in [9.17, 15) is 0 Å². The normalized spacial score (nSPS) is 17.0. The van der Waals surface area contributed by atoms with E-state index < -0.39 is 0 Å². The molecule has 2 N–H and O–H groups in total. The Kier molecular flexibility index (Phi) is 7.77. The number of furan rings is 1. The molecule has 27 heavy (non-hydrogen) atoms. The number of rotatable bonds is 9. The van der Waals surface area contributed by atoms with Crippen LogP contribution in [0, 0.1) is 0 Å². The number of hydrogen-bond acceptors (Lipinski definition) is 4. The predicted molar refractivity (Wildman–Crippen MR) is 108 cm³/mol. The van der Waals surface area contributed by atoms with E-state index in [0.29, 0.717) is 6.54 Å². The van der Waals surface area contributed by atoms with Crippen LogP contribution in [0.15, 0.2) is 46.5 Å². The highest BCUT2D eigenvalue weighted by Gasteiger charge is 2.24. The molecule has 2 aromatic rings. The third-order valence-electron chi connectivity index (χ3n) is 4.91. The molecule has 0 bridgehead atoms. The van der Waals surface area contributed by atoms with Crippen LogP contribution in [0.3, 0.4) is 0 Å². The molecule has 1 unspecified atom stereocenters. The first-order valence-corrected chi connectivity index (χ1v) is 10.1. The Morgan fingerprint density at radius 3 is 2.89 bits per heavy atom. The minimum Gasteiger partial charge on any atom is -0.468 e. The molecule has 1 atom stereocenters. The summed E-state index contributed by atoms with van der Waals surface area (Å²) < 4.78 is 7.81. The van der Waals surface area contributed by atoms with Crippen molar-refractivity contribution in [1.82, 2.24) is 25.1 Å². The second-order valence-corrected chi connectivity index (χ2v) is 6.93. The van der Waals surface area contributed by atoms with Crippen molar-refractivity contribution in [3.8, 4) is 0 Å². The minimum absolute atomic E-state index is 0.210. The first-order chi connectivity index (χ1) is 13.4. The SMILES string of the molecule is CCNC(=NCC(c1ccco1)N1CCCCC1)NCCCn1ccnc1. The van der Waals surface area contributed by atoms with Crippen molar-refractivity contribution in [3.05, 3.63) is 42.9 Å². The maximum Gasteiger partial charge on any atom is 0.191 e. The molecule has 0 aromatic carbocycles. The van der Waals surface area contributed by atoms with Gasteiger partial charge in [-0.1, -0.05) is 6.42 Å². The van der Waals surface area contributed by atoms with Gasteiger partial charge in [0.1, 0.15) is 5.76 Å². The van der Waals surface area contributed by atoms with Gasteiger partial charge in [-0.25, -0.2) is 4.98 Å². The quantitative estimate of drug-likeness (QED) is 0.402. The van der Waals surface area contributed by atoms with Gasteiger partial charge in [-0.05, 0) is 51.4 Å². The van der Waals surface area contributed by atoms with Gasteiger partial charge in [0.15, 0.2) is 5.96 Å². The van der Waals surface area contributed by atoms with Crippen LogP contribution in [0.2, 0.25) is 0 Å². The number of aryl methyl sites for hydroxylation is 1. The van der Waals surface area contributed by atoms with Crippen LogP contribution in [0.25, 0.3) is 0 Å². The lowest BCUT2D eigenvalue weighted by Gasteiger charge is -2.32. The van der Waals surface area contributed by atoms with E-state index >= 15 is 0 Å². The number of nitrogens with zero attached hydrogens (tertiary/aromatic N) is 4. The number of guanidine groups is 1. The second-order valence-electron chi connectivity index (χ2n) is 6.93. The molecule has 2 aromatic heterocycles. The molecule has 3 rings (SSSR count). The summed E-state index contributed by atoms with van der Waals surface area (Å²) >= 11 is 0. The molecular weight excluding hydrogens is 340 g/mol. The van der Waals surface area contributed by atoms with E-state index in [1.54, 1.807) is 6.26 Å². The summed E-state index contributed by atoms with van der Waals surface area (Å²) in [6.07, 6.45) is 12.3. The molecule has 0 saturated carbocycles. The molecule has 0 radical (unpaired) electrons. The fourth-order valence-corrected chi connectivity index (χ4v) is 3.50. The van der Waals surface area contributed by atoms with E-state index in [4.69, 9.17) is 9.41 Å². The highest BCUT2D eigenvalue weighted by molar-refractivity contribution is 5.79. The molecule has 148 valence electrons. The van der Waals surface area contributed by atoms with Gasteiger partial charge < -0.3 is 19.6 Å². The lowest BCUT2D eigenvalue weighted by Crippen LogP contribution is -2.40. The molecule has 7 heteroatoms. The lowest BCUT2D eigenvalue weighted by atomic mass is 10.1. The Hall–Kier alpha value is -2.28. The van der Waals surface area contributed by atoms with Gasteiger partial charge in [-0.3, -0.25) is 9.89 Å². The first-order valence-electron chi connectivity index (χ1n) is 10.1. The zero-order valence-electron chi connectivity index (χ0n) is 16.3. The molecule has 1 aliphatic rings. The van der Waals surface area contributed by atoms with Crippen molar-refractivity contribution in [3.63, 3.8) is 0 Å². The van der Waals surface area contributed by atoms with E-state index in [0.717, 1.165) is 50.9 Å². The maximum atomic E-state index is 5.72. The van der Waals surface area contributed by atoms with Gasteiger partial charge in [0.05, 0.1) is 25.2 Å². The summed E-state index contributed by atoms with van der Waals surface area (Å²) in [7, 11) is 0. The van der Waals surface area contributed by atoms with Gasteiger partial charge in [0, 0.05) is 32.0 Å². The number of aromatic nitrogens is 2. The van der Waals surface area contributed by atoms with Crippen LogP contribution in [0.1, 0.15) is 44.4 Å². The summed E-state index contributed by atoms with van der Waals surface area (Å²) in [6, 6.07) is 4.25. The molecular formula is C20H32N6O. The molecule has 1 aliphatic heterocycles. The van der Waals surface area contributed by atoms with Gasteiger partial charge in [-0.2, -0.15) is 0 Å². The monoisotopic (exact) mass is 372 g/mol. The van der Waals surface area contributed by atoms with Crippen LogP contribution in [0.4, 0.5) is 0 Å². The molecule has 0 amide bonds. The van der Waals surface area contributed by atoms with E-state index in [-0.39, 0.29) is 6.04 Å². The minimum atomic E-state index is 0.210. The van der Waals surface area contributed by atoms with Gasteiger partial charge in [0.2, 0.25) is 0 Å². The van der Waals surface area contributed by atoms with Gasteiger partial charge in [-0.15, -0.1) is 0 Å². The third-order valence-corrected chi connectivity index (χ3v) is 4.91. The van der Waals surface area contributed by atoms with Crippen molar-refractivity contribution in [2.45, 2.75) is 45.2 Å². The Morgan fingerprint density at radius 1 is 1.30 bits per heavy atom. The number of aliphatic imine (C=N–C) groups is 1. The van der Waals surface area contributed by atoms with Crippen molar-refractivity contribution in [2.24, 2.45) is 4.99 Å². The van der Waals surface area contributed by atoms with Crippen molar-refractivity contribution in [2.75, 3.05) is 32.7 Å². The molecule has 3 heterocycles. The maximum absolute atomic E-state index is 5.72. The molecule has 0 spiro atoms. The summed E-state index contributed by atoms with van der Waals surface area (Å²) in [5.41, 5.74) is 0. The van der Waals surface area contributed by atoms with Crippen molar-refractivity contribution in [1.29, 1.82) is 0 Å². The zero-order chi connectivity index (χ0) is 18.7. The van der Waals surface area contributed by atoms with Crippen molar-refractivity contribution >= 4 is 5.96 Å². The number of nitrogens with one attached hydrogen (secondary N) is 2. The Balaban J connectivity index is 1.55. The average Bonchev–Trinajstić information content (AvgIpc) is 3.40. The number of piperidine rings is 1. The smallest absolute Gasteiger partial charge is 0.191 e. The Bertz CT molecular complexity index is 646. The van der Waals surface area contributed by atoms with Crippen molar-refractivity contribution < 1.29 is 4.42 Å². The number of hydrogen-bond donors (Lipinski definition) is 2. The van der Waals surface area contributed by atoms with Crippen LogP contribution in [-0.2, 0) is 6.54 Å². The molecule has 7 nitrogen and oxygen atoms in total. The van der Waals surface area contributed by atoms with Crippen LogP contribution >= 0.6 is 0 Å². The van der Waals surface area contributed by atoms with Gasteiger partial charge in [0.25, 0.3) is 0 Å². The van der Waals surface area contributed by atoms with Crippen LogP contribution in [-0.4, -0.2) is 53.1 Å². The standard InChI is InChI=1S/C20H32N6O/c1-2-22-20(23-9-7-11-25-14-10-21-17-25)24-16-18(19-8-6-15-27-19)26-12-4-3-5-13-26/h6,8,10,14-15,17-18H,2-5,7,9,11-13,16H2,1H3,(H2,22,23,24). The van der Waals surface area contributed by atoms with Crippen LogP contribution < -0.4 is 10.6 Å². The highest BCUT2D eigenvalue weighted by atomic mass is 16.3. The van der Waals surface area contributed by atoms with E-state index in [1.807, 2.05) is 24.8 Å². The second kappa shape index (κ2) is 10.8.